The number of hydrogen-bond acceptors (Lipinski definition) is 2. The highest BCUT2D eigenvalue weighted by molar-refractivity contribution is 5.49. The Hall–Kier alpha value is -1.49. The van der Waals surface area contributed by atoms with E-state index in [0.717, 1.165) is 30.4 Å². The van der Waals surface area contributed by atoms with E-state index in [0.29, 0.717) is 0 Å². The minimum Gasteiger partial charge on any atom is -0.367 e. The molecule has 1 aromatic rings. The second-order valence-corrected chi connectivity index (χ2v) is 6.38. The highest BCUT2D eigenvalue weighted by Crippen LogP contribution is 2.47. The lowest BCUT2D eigenvalue weighted by molar-refractivity contribution is 0.263. The minimum atomic E-state index is -0.333. The van der Waals surface area contributed by atoms with Gasteiger partial charge in [-0.1, -0.05) is 17.7 Å². The fourth-order valence-corrected chi connectivity index (χ4v) is 3.44. The summed E-state index contributed by atoms with van der Waals surface area (Å²) in [7, 11) is 0. The standard InChI is InChI=1S/C17H22N2/c1-13-4-8-16(9-5-13)19-17(12-18)10-2-3-15(11-17)14-6-7-14/h4-5,8-9,14-15,19H,2-3,6-7,10-11H2,1H3. The molecule has 3 rings (SSSR count). The zero-order chi connectivity index (χ0) is 13.3. The Bertz CT molecular complexity index is 481. The lowest BCUT2D eigenvalue weighted by Crippen LogP contribution is -2.42. The van der Waals surface area contributed by atoms with Crippen molar-refractivity contribution in [2.45, 2.75) is 51.0 Å². The third kappa shape index (κ3) is 2.76. The van der Waals surface area contributed by atoms with Crippen molar-refractivity contribution in [3.8, 4) is 6.07 Å². The molecule has 2 fully saturated rings. The molecular formula is C17H22N2. The van der Waals surface area contributed by atoms with Crippen LogP contribution < -0.4 is 5.32 Å². The Morgan fingerprint density at radius 2 is 1.89 bits per heavy atom. The van der Waals surface area contributed by atoms with Gasteiger partial charge in [0.15, 0.2) is 0 Å². The van der Waals surface area contributed by atoms with E-state index in [1.165, 1.54) is 31.2 Å². The zero-order valence-corrected chi connectivity index (χ0v) is 11.7. The van der Waals surface area contributed by atoms with Crippen LogP contribution in [-0.2, 0) is 0 Å². The molecule has 0 saturated heterocycles. The zero-order valence-electron chi connectivity index (χ0n) is 11.7. The average Bonchev–Trinajstić information content (AvgIpc) is 3.26. The molecule has 0 aromatic heterocycles. The first-order valence-electron chi connectivity index (χ1n) is 7.47. The molecule has 0 spiro atoms. The summed E-state index contributed by atoms with van der Waals surface area (Å²) in [6, 6.07) is 11.0. The van der Waals surface area contributed by atoms with Gasteiger partial charge in [0, 0.05) is 5.69 Å². The van der Waals surface area contributed by atoms with Gasteiger partial charge in [-0.2, -0.15) is 5.26 Å². The van der Waals surface area contributed by atoms with Gasteiger partial charge in [-0.05, 0) is 69.4 Å². The van der Waals surface area contributed by atoms with Crippen LogP contribution in [0.15, 0.2) is 24.3 Å². The van der Waals surface area contributed by atoms with Gasteiger partial charge in [0.2, 0.25) is 0 Å². The number of aryl methyl sites for hydroxylation is 1. The number of nitriles is 1. The van der Waals surface area contributed by atoms with Gasteiger partial charge in [-0.15, -0.1) is 0 Å². The van der Waals surface area contributed by atoms with Gasteiger partial charge >= 0.3 is 0 Å². The Labute approximate surface area is 115 Å². The summed E-state index contributed by atoms with van der Waals surface area (Å²) in [6.07, 6.45) is 7.30. The van der Waals surface area contributed by atoms with Crippen LogP contribution in [0.4, 0.5) is 5.69 Å². The molecule has 2 nitrogen and oxygen atoms in total. The van der Waals surface area contributed by atoms with E-state index in [4.69, 9.17) is 0 Å². The largest absolute Gasteiger partial charge is 0.367 e. The lowest BCUT2D eigenvalue weighted by Gasteiger charge is -2.37. The number of anilines is 1. The molecule has 0 amide bonds. The molecule has 0 radical (unpaired) electrons. The molecule has 2 unspecified atom stereocenters. The molecule has 2 heteroatoms. The van der Waals surface area contributed by atoms with E-state index < -0.39 is 0 Å². The first kappa shape index (κ1) is 12.5. The molecule has 2 aliphatic rings. The van der Waals surface area contributed by atoms with Crippen LogP contribution in [0.1, 0.15) is 44.1 Å². The van der Waals surface area contributed by atoms with Gasteiger partial charge in [-0.25, -0.2) is 0 Å². The van der Waals surface area contributed by atoms with Crippen LogP contribution in [0.2, 0.25) is 0 Å². The summed E-state index contributed by atoms with van der Waals surface area (Å²) in [5, 5.41) is 13.2. The van der Waals surface area contributed by atoms with E-state index in [1.54, 1.807) is 0 Å². The van der Waals surface area contributed by atoms with Crippen LogP contribution in [0.3, 0.4) is 0 Å². The van der Waals surface area contributed by atoms with Crippen LogP contribution in [0.25, 0.3) is 0 Å². The summed E-state index contributed by atoms with van der Waals surface area (Å²) in [5.41, 5.74) is 2.01. The van der Waals surface area contributed by atoms with Crippen LogP contribution in [-0.4, -0.2) is 5.54 Å². The maximum Gasteiger partial charge on any atom is 0.125 e. The number of nitrogens with one attached hydrogen (secondary N) is 1. The van der Waals surface area contributed by atoms with Crippen LogP contribution in [0.5, 0.6) is 0 Å². The smallest absolute Gasteiger partial charge is 0.125 e. The average molecular weight is 254 g/mol. The second-order valence-electron chi connectivity index (χ2n) is 6.38. The molecule has 2 atom stereocenters. The molecule has 2 aliphatic carbocycles. The molecule has 2 saturated carbocycles. The van der Waals surface area contributed by atoms with E-state index in [-0.39, 0.29) is 5.54 Å². The third-order valence-corrected chi connectivity index (χ3v) is 4.73. The van der Waals surface area contributed by atoms with Crippen molar-refractivity contribution >= 4 is 5.69 Å². The molecular weight excluding hydrogens is 232 g/mol. The Balaban J connectivity index is 1.74. The van der Waals surface area contributed by atoms with Crippen LogP contribution in [0, 0.1) is 30.1 Å². The number of nitrogens with zero attached hydrogens (tertiary/aromatic N) is 1. The predicted octanol–water partition coefficient (Wildman–Crippen LogP) is 4.27. The monoisotopic (exact) mass is 254 g/mol. The quantitative estimate of drug-likeness (QED) is 0.874. The number of rotatable bonds is 3. The van der Waals surface area contributed by atoms with E-state index in [1.807, 2.05) is 0 Å². The molecule has 19 heavy (non-hydrogen) atoms. The second kappa shape index (κ2) is 4.89. The van der Waals surface area contributed by atoms with Crippen molar-refractivity contribution in [1.29, 1.82) is 5.26 Å². The minimum absolute atomic E-state index is 0.333. The molecule has 1 aromatic carbocycles. The molecule has 100 valence electrons. The fraction of sp³-hybridized carbons (Fsp3) is 0.588. The van der Waals surface area contributed by atoms with Gasteiger partial charge < -0.3 is 5.32 Å². The Morgan fingerprint density at radius 1 is 1.16 bits per heavy atom. The number of benzene rings is 1. The van der Waals surface area contributed by atoms with Crippen molar-refractivity contribution in [2.24, 2.45) is 11.8 Å². The maximum absolute atomic E-state index is 9.66. The van der Waals surface area contributed by atoms with E-state index in [9.17, 15) is 5.26 Å². The van der Waals surface area contributed by atoms with Crippen molar-refractivity contribution in [3.63, 3.8) is 0 Å². The first-order chi connectivity index (χ1) is 9.21. The van der Waals surface area contributed by atoms with Crippen molar-refractivity contribution in [3.05, 3.63) is 29.8 Å². The lowest BCUT2D eigenvalue weighted by atomic mass is 9.74. The summed E-state index contributed by atoms with van der Waals surface area (Å²) in [6.45, 7) is 2.09. The molecule has 0 heterocycles. The number of hydrogen-bond donors (Lipinski definition) is 1. The molecule has 1 N–H and O–H groups in total. The fourth-order valence-electron chi connectivity index (χ4n) is 3.44. The first-order valence-corrected chi connectivity index (χ1v) is 7.47. The summed E-state index contributed by atoms with van der Waals surface area (Å²) >= 11 is 0. The normalized spacial score (nSPS) is 30.6. The highest BCUT2D eigenvalue weighted by atomic mass is 15.0. The summed E-state index contributed by atoms with van der Waals surface area (Å²) in [5.74, 6) is 1.68. The SMILES string of the molecule is Cc1ccc(NC2(C#N)CCCC(C3CC3)C2)cc1. The van der Waals surface area contributed by atoms with E-state index >= 15 is 0 Å². The van der Waals surface area contributed by atoms with Crippen molar-refractivity contribution in [1.82, 2.24) is 0 Å². The van der Waals surface area contributed by atoms with E-state index in [2.05, 4.69) is 42.6 Å². The van der Waals surface area contributed by atoms with Gasteiger partial charge in [0.25, 0.3) is 0 Å². The van der Waals surface area contributed by atoms with Gasteiger partial charge in [-0.3, -0.25) is 0 Å². The van der Waals surface area contributed by atoms with Gasteiger partial charge in [0.1, 0.15) is 5.54 Å². The summed E-state index contributed by atoms with van der Waals surface area (Å²) < 4.78 is 0. The Morgan fingerprint density at radius 3 is 2.53 bits per heavy atom. The Kier molecular flexibility index (Phi) is 3.22. The third-order valence-electron chi connectivity index (χ3n) is 4.73. The highest BCUT2D eigenvalue weighted by Gasteiger charge is 2.42. The topological polar surface area (TPSA) is 35.8 Å². The molecule has 0 aliphatic heterocycles. The van der Waals surface area contributed by atoms with Crippen molar-refractivity contribution < 1.29 is 0 Å². The van der Waals surface area contributed by atoms with Crippen LogP contribution >= 0.6 is 0 Å². The maximum atomic E-state index is 9.66. The van der Waals surface area contributed by atoms with Gasteiger partial charge in [0.05, 0.1) is 6.07 Å². The molecule has 0 bridgehead atoms. The van der Waals surface area contributed by atoms with Crippen molar-refractivity contribution in [2.75, 3.05) is 5.32 Å². The predicted molar refractivity (Wildman–Crippen MR) is 77.8 cm³/mol. The summed E-state index contributed by atoms with van der Waals surface area (Å²) in [4.78, 5) is 0.